The molecule has 0 bridgehead atoms. The van der Waals surface area contributed by atoms with Crippen LogP contribution in [0.3, 0.4) is 0 Å². The van der Waals surface area contributed by atoms with E-state index in [-0.39, 0.29) is 0 Å². The van der Waals surface area contributed by atoms with Crippen LogP contribution in [0.4, 0.5) is 0 Å². The Hall–Kier alpha value is -1.39. The highest BCUT2D eigenvalue weighted by atomic mass is 15.2. The number of rotatable bonds is 4. The van der Waals surface area contributed by atoms with Gasteiger partial charge in [0.2, 0.25) is 0 Å². The zero-order valence-electron chi connectivity index (χ0n) is 16.7. The van der Waals surface area contributed by atoms with E-state index < -0.39 is 0 Å². The molecule has 0 unspecified atom stereocenters. The maximum atomic E-state index is 5.05. The van der Waals surface area contributed by atoms with E-state index in [2.05, 4.69) is 46.0 Å². The van der Waals surface area contributed by atoms with Crippen LogP contribution < -0.4 is 5.32 Å². The quantitative estimate of drug-likeness (QED) is 0.874. The maximum Gasteiger partial charge on any atom is 0.115 e. The predicted octanol–water partition coefficient (Wildman–Crippen LogP) is 4.33. The summed E-state index contributed by atoms with van der Waals surface area (Å²) in [6.07, 6.45) is 9.79. The number of piperidine rings is 1. The normalized spacial score (nSPS) is 24.9. The van der Waals surface area contributed by atoms with Crippen molar-refractivity contribution in [3.63, 3.8) is 0 Å². The van der Waals surface area contributed by atoms with E-state index in [4.69, 9.17) is 4.98 Å². The fourth-order valence-electron chi connectivity index (χ4n) is 5.67. The SMILES string of the molecule is C[C@H](C1CCCCC1)N1CCC(n2c(C3CNC3)nc3ccccc32)CC1. The molecule has 1 aliphatic carbocycles. The van der Waals surface area contributed by atoms with Crippen LogP contribution in [0, 0.1) is 5.92 Å². The van der Waals surface area contributed by atoms with E-state index in [1.54, 1.807) is 0 Å². The minimum Gasteiger partial charge on any atom is -0.324 e. The largest absolute Gasteiger partial charge is 0.324 e. The molecule has 3 fully saturated rings. The van der Waals surface area contributed by atoms with E-state index in [1.165, 1.54) is 74.9 Å². The minimum absolute atomic E-state index is 0.594. The van der Waals surface area contributed by atoms with E-state index in [9.17, 15) is 0 Å². The molecule has 3 heterocycles. The molecule has 2 aromatic rings. The summed E-state index contributed by atoms with van der Waals surface area (Å²) in [5, 5.41) is 3.43. The Labute approximate surface area is 163 Å². The molecular formula is C23H34N4. The molecule has 1 saturated carbocycles. The fourth-order valence-corrected chi connectivity index (χ4v) is 5.67. The number of likely N-dealkylation sites (tertiary alicyclic amines) is 1. The molecule has 1 atom stereocenters. The van der Waals surface area contributed by atoms with Gasteiger partial charge in [0.15, 0.2) is 0 Å². The van der Waals surface area contributed by atoms with Crippen molar-refractivity contribution in [3.05, 3.63) is 30.1 Å². The maximum absolute atomic E-state index is 5.05. The number of fused-ring (bicyclic) bond motifs is 1. The summed E-state index contributed by atoms with van der Waals surface area (Å²) in [6.45, 7) is 7.16. The van der Waals surface area contributed by atoms with Gasteiger partial charge in [-0.1, -0.05) is 31.4 Å². The van der Waals surface area contributed by atoms with Crippen molar-refractivity contribution in [1.82, 2.24) is 19.8 Å². The van der Waals surface area contributed by atoms with Crippen LogP contribution in [0.15, 0.2) is 24.3 Å². The number of aromatic nitrogens is 2. The van der Waals surface area contributed by atoms with Crippen LogP contribution in [-0.4, -0.2) is 46.7 Å². The highest BCUT2D eigenvalue weighted by Gasteiger charge is 2.32. The van der Waals surface area contributed by atoms with Crippen molar-refractivity contribution in [2.45, 2.75) is 69.9 Å². The van der Waals surface area contributed by atoms with E-state index in [1.807, 2.05) is 0 Å². The first-order chi connectivity index (χ1) is 13.3. The summed E-state index contributed by atoms with van der Waals surface area (Å²) in [5.41, 5.74) is 2.52. The van der Waals surface area contributed by atoms with Gasteiger partial charge in [-0.2, -0.15) is 0 Å². The van der Waals surface area contributed by atoms with Crippen LogP contribution in [-0.2, 0) is 0 Å². The number of nitrogens with zero attached hydrogens (tertiary/aromatic N) is 3. The molecule has 4 heteroatoms. The Balaban J connectivity index is 1.33. The van der Waals surface area contributed by atoms with Crippen LogP contribution in [0.25, 0.3) is 11.0 Å². The van der Waals surface area contributed by atoms with E-state index in [0.717, 1.165) is 25.0 Å². The number of benzene rings is 1. The Morgan fingerprint density at radius 1 is 1.00 bits per heavy atom. The third-order valence-electron chi connectivity index (χ3n) is 7.54. The summed E-state index contributed by atoms with van der Waals surface area (Å²) in [7, 11) is 0. The third kappa shape index (κ3) is 3.31. The van der Waals surface area contributed by atoms with Gasteiger partial charge >= 0.3 is 0 Å². The summed E-state index contributed by atoms with van der Waals surface area (Å²) in [5.74, 6) is 2.85. The predicted molar refractivity (Wildman–Crippen MR) is 111 cm³/mol. The van der Waals surface area contributed by atoms with Gasteiger partial charge in [-0.05, 0) is 50.7 Å². The van der Waals surface area contributed by atoms with E-state index in [0.29, 0.717) is 12.0 Å². The molecule has 3 aliphatic rings. The molecule has 5 rings (SSSR count). The molecule has 146 valence electrons. The molecular weight excluding hydrogens is 332 g/mol. The second-order valence-electron chi connectivity index (χ2n) is 9.09. The summed E-state index contributed by atoms with van der Waals surface area (Å²) >= 11 is 0. The highest BCUT2D eigenvalue weighted by molar-refractivity contribution is 5.76. The Morgan fingerprint density at radius 2 is 1.74 bits per heavy atom. The van der Waals surface area contributed by atoms with Gasteiger partial charge in [0.05, 0.1) is 11.0 Å². The second-order valence-corrected chi connectivity index (χ2v) is 9.09. The Bertz CT molecular complexity index is 764. The minimum atomic E-state index is 0.594. The highest BCUT2D eigenvalue weighted by Crippen LogP contribution is 2.35. The average molecular weight is 367 g/mol. The first-order valence-corrected chi connectivity index (χ1v) is 11.2. The second kappa shape index (κ2) is 7.56. The number of para-hydroxylation sites is 2. The van der Waals surface area contributed by atoms with Crippen molar-refractivity contribution in [1.29, 1.82) is 0 Å². The molecule has 1 aromatic heterocycles. The summed E-state index contributed by atoms with van der Waals surface area (Å²) < 4.78 is 2.61. The first kappa shape index (κ1) is 17.7. The van der Waals surface area contributed by atoms with Gasteiger partial charge in [0.25, 0.3) is 0 Å². The molecule has 27 heavy (non-hydrogen) atoms. The van der Waals surface area contributed by atoms with Crippen LogP contribution in [0.1, 0.15) is 69.7 Å². The molecule has 0 spiro atoms. The van der Waals surface area contributed by atoms with E-state index >= 15 is 0 Å². The smallest absolute Gasteiger partial charge is 0.115 e. The molecule has 1 N–H and O–H groups in total. The van der Waals surface area contributed by atoms with Gasteiger partial charge in [0, 0.05) is 44.2 Å². The standard InChI is InChI=1S/C23H34N4/c1-17(18-7-3-2-4-8-18)26-13-11-20(12-14-26)27-22-10-6-5-9-21(22)25-23(27)19-15-24-16-19/h5-6,9-10,17-20,24H,2-4,7-8,11-16H2,1H3/t17-/m1/s1. The fraction of sp³-hybridized carbons (Fsp3) is 0.696. The number of nitrogens with one attached hydrogen (secondary N) is 1. The van der Waals surface area contributed by atoms with Gasteiger partial charge in [-0.25, -0.2) is 4.98 Å². The summed E-state index contributed by atoms with van der Waals surface area (Å²) in [6, 6.07) is 10.1. The van der Waals surface area contributed by atoms with Crippen LogP contribution in [0.5, 0.6) is 0 Å². The van der Waals surface area contributed by atoms with Crippen molar-refractivity contribution >= 4 is 11.0 Å². The third-order valence-corrected chi connectivity index (χ3v) is 7.54. The Morgan fingerprint density at radius 3 is 2.44 bits per heavy atom. The Kier molecular flexibility index (Phi) is 4.95. The van der Waals surface area contributed by atoms with Gasteiger partial charge < -0.3 is 14.8 Å². The van der Waals surface area contributed by atoms with Gasteiger partial charge in [-0.15, -0.1) is 0 Å². The van der Waals surface area contributed by atoms with Gasteiger partial charge in [0.1, 0.15) is 5.82 Å². The molecule has 2 aliphatic heterocycles. The monoisotopic (exact) mass is 366 g/mol. The van der Waals surface area contributed by atoms with Crippen LogP contribution in [0.2, 0.25) is 0 Å². The molecule has 0 amide bonds. The van der Waals surface area contributed by atoms with Crippen LogP contribution >= 0.6 is 0 Å². The number of hydrogen-bond acceptors (Lipinski definition) is 3. The average Bonchev–Trinajstić information content (AvgIpc) is 3.05. The molecule has 4 nitrogen and oxygen atoms in total. The summed E-state index contributed by atoms with van der Waals surface area (Å²) in [4.78, 5) is 7.83. The number of imidazole rings is 1. The molecule has 0 radical (unpaired) electrons. The first-order valence-electron chi connectivity index (χ1n) is 11.2. The lowest BCUT2D eigenvalue weighted by Gasteiger charge is -2.41. The zero-order chi connectivity index (χ0) is 18.2. The molecule has 2 saturated heterocycles. The zero-order valence-corrected chi connectivity index (χ0v) is 16.7. The van der Waals surface area contributed by atoms with Crippen molar-refractivity contribution in [3.8, 4) is 0 Å². The lowest BCUT2D eigenvalue weighted by Crippen LogP contribution is -2.45. The molecule has 1 aromatic carbocycles. The van der Waals surface area contributed by atoms with Crippen molar-refractivity contribution in [2.75, 3.05) is 26.2 Å². The van der Waals surface area contributed by atoms with Crippen molar-refractivity contribution < 1.29 is 0 Å². The van der Waals surface area contributed by atoms with Gasteiger partial charge in [-0.3, -0.25) is 0 Å². The topological polar surface area (TPSA) is 33.1 Å². The lowest BCUT2D eigenvalue weighted by molar-refractivity contribution is 0.0911. The van der Waals surface area contributed by atoms with Crippen molar-refractivity contribution in [2.24, 2.45) is 5.92 Å². The lowest BCUT2D eigenvalue weighted by atomic mass is 9.83. The number of hydrogen-bond donors (Lipinski definition) is 1.